The van der Waals surface area contributed by atoms with Crippen LogP contribution in [0.15, 0.2) is 0 Å². The van der Waals surface area contributed by atoms with Gasteiger partial charge in [-0.05, 0) is 6.92 Å². The van der Waals surface area contributed by atoms with Gasteiger partial charge in [-0.2, -0.15) is 0 Å². The zero-order chi connectivity index (χ0) is 10.7. The molecular weight excluding hydrogens is 188 g/mol. The Hall–Kier alpha value is -1.59. The van der Waals surface area contributed by atoms with Gasteiger partial charge in [0.25, 0.3) is 0 Å². The summed E-state index contributed by atoms with van der Waals surface area (Å²) in [6.07, 6.45) is 0.137. The molecule has 0 saturated carbocycles. The van der Waals surface area contributed by atoms with Crippen LogP contribution in [-0.2, 0) is 14.4 Å². The van der Waals surface area contributed by atoms with E-state index < -0.39 is 23.8 Å². The quantitative estimate of drug-likeness (QED) is 0.528. The smallest absolute Gasteiger partial charge is 0.325 e. The molecular formula is C8H12N2O4. The lowest BCUT2D eigenvalue weighted by Crippen LogP contribution is -2.42. The Morgan fingerprint density at radius 1 is 1.64 bits per heavy atom. The lowest BCUT2D eigenvalue weighted by molar-refractivity contribution is -0.141. The normalized spacial score (nSPS) is 22.6. The summed E-state index contributed by atoms with van der Waals surface area (Å²) in [5.41, 5.74) is 0. The fraction of sp³-hybridized carbons (Fsp3) is 0.625. The molecule has 0 aromatic heterocycles. The summed E-state index contributed by atoms with van der Waals surface area (Å²) >= 11 is 0. The number of aliphatic carboxylic acids is 1. The van der Waals surface area contributed by atoms with Crippen LogP contribution >= 0.6 is 0 Å². The van der Waals surface area contributed by atoms with E-state index in [9.17, 15) is 14.4 Å². The van der Waals surface area contributed by atoms with E-state index >= 15 is 0 Å². The summed E-state index contributed by atoms with van der Waals surface area (Å²) in [6, 6.07) is -0.918. The van der Waals surface area contributed by atoms with E-state index in [-0.39, 0.29) is 18.9 Å². The van der Waals surface area contributed by atoms with Crippen LogP contribution in [0.4, 0.5) is 0 Å². The van der Waals surface area contributed by atoms with E-state index in [1.54, 1.807) is 0 Å². The molecule has 1 heterocycles. The molecule has 1 rings (SSSR count). The van der Waals surface area contributed by atoms with Crippen molar-refractivity contribution in [3.8, 4) is 0 Å². The zero-order valence-corrected chi connectivity index (χ0v) is 7.74. The average molecular weight is 200 g/mol. The molecule has 6 nitrogen and oxygen atoms in total. The average Bonchev–Trinajstić information content (AvgIpc) is 2.51. The van der Waals surface area contributed by atoms with Crippen LogP contribution in [0.3, 0.4) is 0 Å². The van der Waals surface area contributed by atoms with Gasteiger partial charge >= 0.3 is 5.97 Å². The van der Waals surface area contributed by atoms with Gasteiger partial charge in [0.1, 0.15) is 6.04 Å². The number of rotatable bonds is 3. The Morgan fingerprint density at radius 3 is 2.71 bits per heavy atom. The predicted octanol–water partition coefficient (Wildman–Crippen LogP) is -1.29. The molecule has 2 amide bonds. The Bertz CT molecular complexity index is 277. The fourth-order valence-electron chi connectivity index (χ4n) is 1.18. The first-order valence-electron chi connectivity index (χ1n) is 4.30. The lowest BCUT2D eigenvalue weighted by atomic mass is 10.1. The molecule has 1 saturated heterocycles. The van der Waals surface area contributed by atoms with Crippen molar-refractivity contribution in [1.82, 2.24) is 10.6 Å². The molecule has 0 aromatic carbocycles. The molecule has 0 aliphatic carbocycles. The van der Waals surface area contributed by atoms with Crippen LogP contribution in [0, 0.1) is 5.92 Å². The third-order valence-corrected chi connectivity index (χ3v) is 2.08. The minimum Gasteiger partial charge on any atom is -0.480 e. The second kappa shape index (κ2) is 4.08. The molecule has 0 spiro atoms. The highest BCUT2D eigenvalue weighted by Gasteiger charge is 2.29. The first-order chi connectivity index (χ1) is 6.50. The van der Waals surface area contributed by atoms with Crippen LogP contribution in [0.5, 0.6) is 0 Å². The number of hydrogen-bond donors (Lipinski definition) is 3. The molecule has 0 bridgehead atoms. The molecule has 1 aliphatic rings. The molecule has 3 N–H and O–H groups in total. The molecule has 1 fully saturated rings. The van der Waals surface area contributed by atoms with Crippen molar-refractivity contribution in [2.45, 2.75) is 19.4 Å². The van der Waals surface area contributed by atoms with Crippen molar-refractivity contribution < 1.29 is 19.5 Å². The van der Waals surface area contributed by atoms with E-state index in [0.29, 0.717) is 0 Å². The fourth-order valence-corrected chi connectivity index (χ4v) is 1.18. The summed E-state index contributed by atoms with van der Waals surface area (Å²) < 4.78 is 0. The SMILES string of the molecule is C[C@H](NC(=O)C1CNC(=O)C1)C(=O)O. The van der Waals surface area contributed by atoms with Crippen LogP contribution in [0.2, 0.25) is 0 Å². The first-order valence-corrected chi connectivity index (χ1v) is 4.30. The summed E-state index contributed by atoms with van der Waals surface area (Å²) in [6.45, 7) is 1.67. The molecule has 0 radical (unpaired) electrons. The zero-order valence-electron chi connectivity index (χ0n) is 7.74. The maximum atomic E-state index is 11.3. The number of carbonyl (C=O) groups is 3. The molecule has 78 valence electrons. The minimum absolute atomic E-state index is 0.137. The highest BCUT2D eigenvalue weighted by Crippen LogP contribution is 2.08. The third-order valence-electron chi connectivity index (χ3n) is 2.08. The van der Waals surface area contributed by atoms with Crippen LogP contribution < -0.4 is 10.6 Å². The van der Waals surface area contributed by atoms with Crippen molar-refractivity contribution in [3.63, 3.8) is 0 Å². The van der Waals surface area contributed by atoms with E-state index in [0.717, 1.165) is 0 Å². The summed E-state index contributed by atoms with van der Waals surface area (Å²) in [5.74, 6) is -2.09. The van der Waals surface area contributed by atoms with Gasteiger partial charge in [-0.25, -0.2) is 0 Å². The van der Waals surface area contributed by atoms with Gasteiger partial charge in [0.15, 0.2) is 0 Å². The van der Waals surface area contributed by atoms with Crippen molar-refractivity contribution in [3.05, 3.63) is 0 Å². The van der Waals surface area contributed by atoms with Gasteiger partial charge in [-0.15, -0.1) is 0 Å². The van der Waals surface area contributed by atoms with Gasteiger partial charge in [0.05, 0.1) is 5.92 Å². The predicted molar refractivity (Wildman–Crippen MR) is 46.4 cm³/mol. The second-order valence-corrected chi connectivity index (χ2v) is 3.27. The maximum Gasteiger partial charge on any atom is 0.325 e. The number of carboxylic acid groups (broad SMARTS) is 1. The van der Waals surface area contributed by atoms with Crippen molar-refractivity contribution >= 4 is 17.8 Å². The molecule has 6 heteroatoms. The van der Waals surface area contributed by atoms with Crippen molar-refractivity contribution in [2.24, 2.45) is 5.92 Å². The van der Waals surface area contributed by atoms with Gasteiger partial charge < -0.3 is 15.7 Å². The molecule has 1 aliphatic heterocycles. The van der Waals surface area contributed by atoms with Crippen LogP contribution in [-0.4, -0.2) is 35.5 Å². The summed E-state index contributed by atoms with van der Waals surface area (Å²) in [7, 11) is 0. The Morgan fingerprint density at radius 2 is 2.29 bits per heavy atom. The minimum atomic E-state index is -1.09. The maximum absolute atomic E-state index is 11.3. The highest BCUT2D eigenvalue weighted by atomic mass is 16.4. The molecule has 2 atom stereocenters. The van der Waals surface area contributed by atoms with Gasteiger partial charge in [0, 0.05) is 13.0 Å². The third kappa shape index (κ3) is 2.45. The van der Waals surface area contributed by atoms with E-state index in [2.05, 4.69) is 10.6 Å². The largest absolute Gasteiger partial charge is 0.480 e. The number of carbonyl (C=O) groups excluding carboxylic acids is 2. The highest BCUT2D eigenvalue weighted by molar-refractivity contribution is 5.91. The van der Waals surface area contributed by atoms with Gasteiger partial charge in [-0.1, -0.05) is 0 Å². The Kier molecular flexibility index (Phi) is 3.06. The first kappa shape index (κ1) is 10.5. The molecule has 1 unspecified atom stereocenters. The van der Waals surface area contributed by atoms with Crippen LogP contribution in [0.25, 0.3) is 0 Å². The topological polar surface area (TPSA) is 95.5 Å². The summed E-state index contributed by atoms with van der Waals surface area (Å²) in [5, 5.41) is 13.3. The lowest BCUT2D eigenvalue weighted by Gasteiger charge is -2.12. The van der Waals surface area contributed by atoms with Crippen LogP contribution in [0.1, 0.15) is 13.3 Å². The van der Waals surface area contributed by atoms with E-state index in [1.165, 1.54) is 6.92 Å². The standard InChI is InChI=1S/C8H12N2O4/c1-4(8(13)14)10-7(12)5-2-6(11)9-3-5/h4-5H,2-3H2,1H3,(H,9,11)(H,10,12)(H,13,14)/t4-,5?/m0/s1. The van der Waals surface area contributed by atoms with Crippen molar-refractivity contribution in [2.75, 3.05) is 6.54 Å². The van der Waals surface area contributed by atoms with E-state index in [4.69, 9.17) is 5.11 Å². The number of hydrogen-bond acceptors (Lipinski definition) is 3. The molecule has 14 heavy (non-hydrogen) atoms. The Labute approximate surface area is 80.7 Å². The van der Waals surface area contributed by atoms with Gasteiger partial charge in [-0.3, -0.25) is 14.4 Å². The number of carboxylic acids is 1. The monoisotopic (exact) mass is 200 g/mol. The van der Waals surface area contributed by atoms with Gasteiger partial charge in [0.2, 0.25) is 11.8 Å². The number of nitrogens with one attached hydrogen (secondary N) is 2. The second-order valence-electron chi connectivity index (χ2n) is 3.27. The van der Waals surface area contributed by atoms with Crippen molar-refractivity contribution in [1.29, 1.82) is 0 Å². The van der Waals surface area contributed by atoms with E-state index in [1.807, 2.05) is 0 Å². The summed E-state index contributed by atoms with van der Waals surface area (Å²) in [4.78, 5) is 32.5. The number of amides is 2. The Balaban J connectivity index is 2.42. The molecule has 0 aromatic rings.